The van der Waals surface area contributed by atoms with E-state index in [1.165, 1.54) is 32.7 Å². The number of benzene rings is 4. The topological polar surface area (TPSA) is 93.2 Å². The molecule has 8 nitrogen and oxygen atoms in total. The summed E-state index contributed by atoms with van der Waals surface area (Å²) in [6.07, 6.45) is 12.0. The summed E-state index contributed by atoms with van der Waals surface area (Å²) in [6.45, 7) is 12.3. The van der Waals surface area contributed by atoms with Gasteiger partial charge in [-0.1, -0.05) is 77.8 Å². The zero-order valence-electron chi connectivity index (χ0n) is 36.2. The van der Waals surface area contributed by atoms with Gasteiger partial charge < -0.3 is 9.47 Å². The van der Waals surface area contributed by atoms with E-state index in [0.717, 1.165) is 84.1 Å². The fourth-order valence-electron chi connectivity index (χ4n) is 10.4. The molecule has 2 fully saturated rings. The molecule has 0 aromatic heterocycles. The van der Waals surface area contributed by atoms with Gasteiger partial charge in [0.1, 0.15) is 17.2 Å². The number of unbranched alkanes of at least 4 members (excludes halogenated alkanes) is 1. The lowest BCUT2D eigenvalue weighted by Crippen LogP contribution is -2.44. The Balaban J connectivity index is 0.786. The van der Waals surface area contributed by atoms with Gasteiger partial charge in [0.25, 0.3) is 23.6 Å². The second-order valence-corrected chi connectivity index (χ2v) is 19.1. The number of imide groups is 2. The normalized spacial score (nSPS) is 22.0. The van der Waals surface area contributed by atoms with Crippen LogP contribution in [0.5, 0.6) is 17.2 Å². The smallest absolute Gasteiger partial charge is 0.261 e. The number of aryl methyl sites for hydroxylation is 1. The molecule has 0 bridgehead atoms. The molecule has 4 aromatic rings. The fraction of sp³-hybridized carbons (Fsp3) is 0.462. The van der Waals surface area contributed by atoms with Crippen LogP contribution >= 0.6 is 0 Å². The van der Waals surface area contributed by atoms with Crippen molar-refractivity contribution in [1.29, 1.82) is 0 Å². The number of nitrogens with zero attached hydrogens (tertiary/aromatic N) is 2. The fourth-order valence-corrected chi connectivity index (χ4v) is 10.4. The van der Waals surface area contributed by atoms with E-state index in [4.69, 9.17) is 9.47 Å². The molecule has 0 saturated heterocycles. The van der Waals surface area contributed by atoms with Crippen molar-refractivity contribution in [1.82, 2.24) is 9.80 Å². The molecule has 314 valence electrons. The Morgan fingerprint density at radius 2 is 1.08 bits per heavy atom. The van der Waals surface area contributed by atoms with Crippen LogP contribution in [-0.4, -0.2) is 53.1 Å². The monoisotopic (exact) mass is 808 g/mol. The number of hydrogen-bond donors (Lipinski definition) is 0. The van der Waals surface area contributed by atoms with Crippen molar-refractivity contribution in [3.8, 4) is 17.2 Å². The van der Waals surface area contributed by atoms with Crippen molar-refractivity contribution in [2.75, 3.05) is 13.7 Å². The highest BCUT2D eigenvalue weighted by Crippen LogP contribution is 2.50. The van der Waals surface area contributed by atoms with Crippen molar-refractivity contribution in [3.05, 3.63) is 124 Å². The number of carbonyl (C=O) groups excluding carboxylic acids is 4. The van der Waals surface area contributed by atoms with Gasteiger partial charge in [-0.15, -0.1) is 0 Å². The summed E-state index contributed by atoms with van der Waals surface area (Å²) in [5, 5.41) is 0. The maximum Gasteiger partial charge on any atom is 0.261 e. The van der Waals surface area contributed by atoms with Gasteiger partial charge in [0.15, 0.2) is 0 Å². The summed E-state index contributed by atoms with van der Waals surface area (Å²) in [7, 11) is 1.48. The highest BCUT2D eigenvalue weighted by Gasteiger charge is 2.45. The Morgan fingerprint density at radius 1 is 0.567 bits per heavy atom. The molecule has 0 atom stereocenters. The number of fused-ring (bicyclic) bond motifs is 2. The quantitative estimate of drug-likeness (QED) is 0.0986. The molecule has 2 heterocycles. The molecule has 4 aliphatic rings. The van der Waals surface area contributed by atoms with Crippen LogP contribution < -0.4 is 9.47 Å². The second-order valence-electron chi connectivity index (χ2n) is 19.1. The van der Waals surface area contributed by atoms with Gasteiger partial charge in [0.05, 0.1) is 28.9 Å². The van der Waals surface area contributed by atoms with E-state index in [-0.39, 0.29) is 35.1 Å². The maximum atomic E-state index is 13.7. The van der Waals surface area contributed by atoms with E-state index in [9.17, 15) is 19.2 Å². The lowest BCUT2D eigenvalue weighted by Gasteiger charge is -2.47. The Bertz CT molecular complexity index is 2260. The molecule has 0 N–H and O–H groups in total. The molecule has 2 saturated carbocycles. The van der Waals surface area contributed by atoms with Crippen LogP contribution in [0.25, 0.3) is 0 Å². The zero-order chi connectivity index (χ0) is 42.3. The Morgan fingerprint density at radius 3 is 1.73 bits per heavy atom. The van der Waals surface area contributed by atoms with Crippen LogP contribution in [0.1, 0.15) is 157 Å². The number of rotatable bonds is 13. The highest BCUT2D eigenvalue weighted by atomic mass is 16.5. The first-order chi connectivity index (χ1) is 28.7. The van der Waals surface area contributed by atoms with Gasteiger partial charge in [-0.3, -0.25) is 29.0 Å². The first kappa shape index (κ1) is 41.5. The van der Waals surface area contributed by atoms with Gasteiger partial charge in [-0.25, -0.2) is 0 Å². The van der Waals surface area contributed by atoms with E-state index >= 15 is 0 Å². The Hall–Kier alpha value is -5.24. The largest absolute Gasteiger partial charge is 0.494 e. The average Bonchev–Trinajstić information content (AvgIpc) is 3.63. The summed E-state index contributed by atoms with van der Waals surface area (Å²) in [5.41, 5.74) is 5.27. The first-order valence-corrected chi connectivity index (χ1v) is 22.2. The SMILES string of the molecule is CC1CCC(C(C)(C)C2CCC(N3C(=O)c4ccc(CCCCOc5ccc(C(C)(C)c6ccc(Oc7ccc8c(c7)C(=O)N(C)C8=O)cc6)cc5)cc4C3=O)CC2)CC1. The highest BCUT2D eigenvalue weighted by molar-refractivity contribution is 6.22. The third-order valence-electron chi connectivity index (χ3n) is 14.7. The number of amides is 4. The van der Waals surface area contributed by atoms with Crippen molar-refractivity contribution in [2.45, 2.75) is 117 Å². The first-order valence-electron chi connectivity index (χ1n) is 22.2. The van der Waals surface area contributed by atoms with E-state index < -0.39 is 0 Å². The molecule has 0 spiro atoms. The Labute approximate surface area is 355 Å². The van der Waals surface area contributed by atoms with E-state index in [1.807, 2.05) is 54.6 Å². The Kier molecular flexibility index (Phi) is 11.5. The van der Waals surface area contributed by atoms with Crippen LogP contribution in [0, 0.1) is 23.2 Å². The van der Waals surface area contributed by atoms with Crippen molar-refractivity contribution < 1.29 is 28.7 Å². The summed E-state index contributed by atoms with van der Waals surface area (Å²) < 4.78 is 12.2. The summed E-state index contributed by atoms with van der Waals surface area (Å²) >= 11 is 0. The summed E-state index contributed by atoms with van der Waals surface area (Å²) in [4.78, 5) is 54.6. The minimum atomic E-state index is -0.323. The zero-order valence-corrected chi connectivity index (χ0v) is 36.2. The number of carbonyl (C=O) groups is 4. The molecule has 8 rings (SSSR count). The summed E-state index contributed by atoms with van der Waals surface area (Å²) in [5.74, 6) is 3.40. The van der Waals surface area contributed by atoms with Gasteiger partial charge in [-0.2, -0.15) is 0 Å². The lowest BCUT2D eigenvalue weighted by atomic mass is 9.60. The molecule has 60 heavy (non-hydrogen) atoms. The molecular weight excluding hydrogens is 749 g/mol. The van der Waals surface area contributed by atoms with Crippen LogP contribution in [-0.2, 0) is 11.8 Å². The predicted octanol–water partition coefficient (Wildman–Crippen LogP) is 11.4. The molecule has 4 amide bonds. The molecule has 8 heteroatoms. The van der Waals surface area contributed by atoms with E-state index in [1.54, 1.807) is 23.1 Å². The van der Waals surface area contributed by atoms with Crippen molar-refractivity contribution in [2.24, 2.45) is 23.2 Å². The third-order valence-corrected chi connectivity index (χ3v) is 14.7. The third kappa shape index (κ3) is 8.02. The number of ether oxygens (including phenoxy) is 2. The summed E-state index contributed by atoms with van der Waals surface area (Å²) in [6, 6.07) is 27.0. The predicted molar refractivity (Wildman–Crippen MR) is 234 cm³/mol. The molecule has 4 aromatic carbocycles. The number of hydrogen-bond acceptors (Lipinski definition) is 6. The van der Waals surface area contributed by atoms with Crippen molar-refractivity contribution in [3.63, 3.8) is 0 Å². The second kappa shape index (κ2) is 16.7. The minimum absolute atomic E-state index is 0.000953. The molecule has 2 aliphatic heterocycles. The lowest BCUT2D eigenvalue weighted by molar-refractivity contribution is 0.0268. The van der Waals surface area contributed by atoms with Gasteiger partial charge in [0.2, 0.25) is 0 Å². The minimum Gasteiger partial charge on any atom is -0.494 e. The van der Waals surface area contributed by atoms with Crippen molar-refractivity contribution >= 4 is 23.6 Å². The van der Waals surface area contributed by atoms with Crippen LogP contribution in [0.2, 0.25) is 0 Å². The molecule has 0 radical (unpaired) electrons. The molecule has 0 unspecified atom stereocenters. The van der Waals surface area contributed by atoms with Crippen LogP contribution in [0.4, 0.5) is 0 Å². The van der Waals surface area contributed by atoms with E-state index in [2.05, 4.69) is 46.8 Å². The maximum absolute atomic E-state index is 13.7. The van der Waals surface area contributed by atoms with Gasteiger partial charge >= 0.3 is 0 Å². The molecular formula is C52H60N2O6. The van der Waals surface area contributed by atoms with Gasteiger partial charge in [-0.05, 0) is 152 Å². The van der Waals surface area contributed by atoms with E-state index in [0.29, 0.717) is 51.7 Å². The van der Waals surface area contributed by atoms with Gasteiger partial charge in [0, 0.05) is 18.5 Å². The standard InChI is InChI=1S/C52H60N2O6/c1-33-10-13-35(14-11-33)51(2,3)36-15-21-39(22-16-36)54-49(57)44-28-12-34(31-45(44)50(54)58)9-7-8-30-59-40-23-17-37(18-24-40)52(4,5)38-19-25-41(26-20-38)60-42-27-29-43-46(32-42)48(56)53(6)47(43)55/h12,17-20,23-29,31-33,35-36,39H,7-11,13-16,21-22,30H2,1-6H3. The average molecular weight is 809 g/mol. The molecule has 2 aliphatic carbocycles. The van der Waals surface area contributed by atoms with Crippen LogP contribution in [0.15, 0.2) is 84.9 Å². The van der Waals surface area contributed by atoms with Crippen LogP contribution in [0.3, 0.4) is 0 Å².